The standard InChI is InChI=1S/C11H21N3O3.Rb/c1-11(2,3)17-10(16)14-8-4-7(9(12)15)5-13-6-8;/h7-8,13H,4-6H2,1-3H3,(H3,12,14,15,16);/q;+1/p-1/t7-,8+;/m0./s1. The molecular weight excluding hydrogens is 308 g/mol. The van der Waals surface area contributed by atoms with Crippen LogP contribution in [0.2, 0.25) is 0 Å². The molecule has 0 saturated carbocycles. The van der Waals surface area contributed by atoms with Crippen molar-refractivity contribution in [2.75, 3.05) is 13.1 Å². The van der Waals surface area contributed by atoms with Gasteiger partial charge in [0.1, 0.15) is 5.60 Å². The van der Waals surface area contributed by atoms with Crippen LogP contribution in [0.4, 0.5) is 4.79 Å². The van der Waals surface area contributed by atoms with Crippen LogP contribution in [0.1, 0.15) is 27.2 Å². The minimum Gasteiger partial charge on any atom is -0.667 e. The maximum atomic E-state index is 11.5. The maximum Gasteiger partial charge on any atom is 1.00 e. The van der Waals surface area contributed by atoms with Crippen molar-refractivity contribution in [2.45, 2.75) is 38.8 Å². The summed E-state index contributed by atoms with van der Waals surface area (Å²) in [7, 11) is 0. The summed E-state index contributed by atoms with van der Waals surface area (Å²) in [6, 6.07) is -0.155. The van der Waals surface area contributed by atoms with Crippen LogP contribution in [0, 0.1) is 5.92 Å². The van der Waals surface area contributed by atoms with Crippen molar-refractivity contribution in [2.24, 2.45) is 5.92 Å². The van der Waals surface area contributed by atoms with Crippen LogP contribution < -0.4 is 68.8 Å². The summed E-state index contributed by atoms with van der Waals surface area (Å²) < 4.78 is 5.13. The third-order valence-corrected chi connectivity index (χ3v) is 2.44. The van der Waals surface area contributed by atoms with Crippen molar-refractivity contribution in [3.05, 3.63) is 5.73 Å². The fraction of sp³-hybridized carbons (Fsp3) is 0.818. The molecule has 0 aromatic heterocycles. The van der Waals surface area contributed by atoms with Gasteiger partial charge in [0.05, 0.1) is 5.91 Å². The molecule has 0 aromatic carbocycles. The molecular formula is C11H20N3O3Rb. The second-order valence-corrected chi connectivity index (χ2v) is 5.30. The molecule has 0 bridgehead atoms. The number of hydrogen-bond acceptors (Lipinski definition) is 4. The molecule has 0 aliphatic carbocycles. The molecule has 6 nitrogen and oxygen atoms in total. The third kappa shape index (κ3) is 7.18. The zero-order valence-electron chi connectivity index (χ0n) is 11.5. The zero-order chi connectivity index (χ0) is 13.1. The van der Waals surface area contributed by atoms with Crippen molar-refractivity contribution in [3.8, 4) is 0 Å². The van der Waals surface area contributed by atoms with Crippen molar-refractivity contribution in [1.82, 2.24) is 10.6 Å². The average Bonchev–Trinajstić information content (AvgIpc) is 2.14. The van der Waals surface area contributed by atoms with E-state index in [1.165, 1.54) is 0 Å². The van der Waals surface area contributed by atoms with E-state index in [0.29, 0.717) is 19.5 Å². The molecule has 0 aromatic rings. The third-order valence-electron chi connectivity index (χ3n) is 2.44. The Morgan fingerprint density at radius 2 is 1.94 bits per heavy atom. The van der Waals surface area contributed by atoms with Crippen LogP contribution in [0.15, 0.2) is 0 Å². The fourth-order valence-corrected chi connectivity index (χ4v) is 1.73. The number of hydrogen-bond donors (Lipinski definition) is 2. The summed E-state index contributed by atoms with van der Waals surface area (Å²) in [5.74, 6) is -0.933. The largest absolute Gasteiger partial charge is 1.00 e. The predicted octanol–water partition coefficient (Wildman–Crippen LogP) is -1.93. The molecule has 1 saturated heterocycles. The molecule has 2 amide bonds. The number of amides is 2. The first-order chi connectivity index (χ1) is 7.78. The Morgan fingerprint density at radius 1 is 1.33 bits per heavy atom. The quantitative estimate of drug-likeness (QED) is 0.618. The minimum absolute atomic E-state index is 0. The second kappa shape index (κ2) is 7.94. The maximum absolute atomic E-state index is 11.5. The summed E-state index contributed by atoms with van der Waals surface area (Å²) in [6.45, 7) is 6.49. The number of nitrogens with one attached hydrogen (secondary N) is 3. The van der Waals surface area contributed by atoms with Crippen LogP contribution in [0.25, 0.3) is 5.73 Å². The SMILES string of the molecule is CC(C)(C)OC(=O)N[C@H]1CNC[C@@H](C([NH-])=O)C1.[Rb+]. The van der Waals surface area contributed by atoms with Gasteiger partial charge in [-0.05, 0) is 27.2 Å². The molecule has 1 heterocycles. The number of rotatable bonds is 2. The van der Waals surface area contributed by atoms with Gasteiger partial charge in [0.25, 0.3) is 0 Å². The first-order valence-corrected chi connectivity index (χ1v) is 5.73. The van der Waals surface area contributed by atoms with Gasteiger partial charge in [-0.3, -0.25) is 0 Å². The molecule has 1 rings (SSSR count). The normalized spacial score (nSPS) is 23.7. The van der Waals surface area contributed by atoms with Crippen LogP contribution in [0.3, 0.4) is 0 Å². The van der Waals surface area contributed by atoms with E-state index in [1.807, 2.05) is 0 Å². The van der Waals surface area contributed by atoms with E-state index < -0.39 is 17.6 Å². The summed E-state index contributed by atoms with van der Waals surface area (Å²) in [6.07, 6.45) is 0.0107. The van der Waals surface area contributed by atoms with Crippen molar-refractivity contribution in [1.29, 1.82) is 0 Å². The molecule has 1 aliphatic rings. The molecule has 0 unspecified atom stereocenters. The molecule has 18 heavy (non-hydrogen) atoms. The molecule has 1 fully saturated rings. The Balaban J connectivity index is 0.00000289. The summed E-state index contributed by atoms with van der Waals surface area (Å²) in [5.41, 5.74) is 6.53. The van der Waals surface area contributed by atoms with E-state index in [9.17, 15) is 9.59 Å². The molecule has 1 aliphatic heterocycles. The van der Waals surface area contributed by atoms with Crippen LogP contribution in [-0.4, -0.2) is 36.7 Å². The van der Waals surface area contributed by atoms with Gasteiger partial charge in [-0.2, -0.15) is 0 Å². The van der Waals surface area contributed by atoms with E-state index in [0.717, 1.165) is 0 Å². The van der Waals surface area contributed by atoms with E-state index in [2.05, 4.69) is 10.6 Å². The van der Waals surface area contributed by atoms with Gasteiger partial charge in [0, 0.05) is 25.0 Å². The van der Waals surface area contributed by atoms with E-state index in [4.69, 9.17) is 10.5 Å². The Morgan fingerprint density at radius 3 is 2.44 bits per heavy atom. The van der Waals surface area contributed by atoms with Gasteiger partial charge in [-0.25, -0.2) is 4.79 Å². The van der Waals surface area contributed by atoms with Crippen molar-refractivity contribution in [3.63, 3.8) is 0 Å². The van der Waals surface area contributed by atoms with E-state index >= 15 is 0 Å². The van der Waals surface area contributed by atoms with Gasteiger partial charge < -0.3 is 25.9 Å². The number of alkyl carbamates (subject to hydrolysis) is 1. The van der Waals surface area contributed by atoms with Crippen molar-refractivity contribution < 1.29 is 72.5 Å². The van der Waals surface area contributed by atoms with Gasteiger partial charge in [-0.15, -0.1) is 0 Å². The van der Waals surface area contributed by atoms with Gasteiger partial charge >= 0.3 is 64.3 Å². The number of carbonyl (C=O) groups is 2. The molecule has 0 spiro atoms. The molecule has 0 radical (unpaired) electrons. The van der Waals surface area contributed by atoms with Gasteiger partial charge in [0.15, 0.2) is 0 Å². The van der Waals surface area contributed by atoms with E-state index in [-0.39, 0.29) is 70.1 Å². The monoisotopic (exact) mass is 327 g/mol. The molecule has 3 N–H and O–H groups in total. The fourth-order valence-electron chi connectivity index (χ4n) is 1.73. The Hall–Kier alpha value is 0.505. The zero-order valence-corrected chi connectivity index (χ0v) is 16.4. The predicted molar refractivity (Wildman–Crippen MR) is 63.5 cm³/mol. The second-order valence-electron chi connectivity index (χ2n) is 5.30. The smallest absolute Gasteiger partial charge is 0.667 e. The Bertz CT molecular complexity index is 304. The number of carbonyl (C=O) groups excluding carboxylic acids is 2. The molecule has 2 atom stereocenters. The molecule has 98 valence electrons. The minimum atomic E-state index is -0.590. The number of ether oxygens (including phenoxy) is 1. The first-order valence-electron chi connectivity index (χ1n) is 5.73. The topological polar surface area (TPSA) is 91.2 Å². The Kier molecular flexibility index (Phi) is 8.16. The van der Waals surface area contributed by atoms with Gasteiger partial charge in [-0.1, -0.05) is 0 Å². The summed E-state index contributed by atoms with van der Waals surface area (Å²) >= 11 is 0. The van der Waals surface area contributed by atoms with Gasteiger partial charge in [0.2, 0.25) is 0 Å². The van der Waals surface area contributed by atoms with E-state index in [1.54, 1.807) is 20.8 Å². The van der Waals surface area contributed by atoms with Crippen molar-refractivity contribution >= 4 is 12.0 Å². The average molecular weight is 328 g/mol. The number of piperidine rings is 1. The van der Waals surface area contributed by atoms with Crippen LogP contribution >= 0.6 is 0 Å². The summed E-state index contributed by atoms with van der Waals surface area (Å²) in [5, 5.41) is 5.72. The first kappa shape index (κ1) is 18.5. The molecule has 7 heteroatoms. The van der Waals surface area contributed by atoms with Crippen LogP contribution in [-0.2, 0) is 9.53 Å². The summed E-state index contributed by atoms with van der Waals surface area (Å²) in [4.78, 5) is 22.5. The Labute approximate surface area is 157 Å². The van der Waals surface area contributed by atoms with Crippen LogP contribution in [0.5, 0.6) is 0 Å².